The van der Waals surface area contributed by atoms with Crippen molar-refractivity contribution in [1.29, 1.82) is 0 Å². The molecule has 1 atom stereocenters. The molecule has 2 N–H and O–H groups in total. The van der Waals surface area contributed by atoms with Crippen molar-refractivity contribution in [2.45, 2.75) is 32.9 Å². The maximum absolute atomic E-state index is 10.5. The van der Waals surface area contributed by atoms with E-state index in [0.29, 0.717) is 13.1 Å². The van der Waals surface area contributed by atoms with Gasteiger partial charge in [0.25, 0.3) is 0 Å². The first-order chi connectivity index (χ1) is 10.5. The Bertz CT molecular complexity index is 588. The van der Waals surface area contributed by atoms with Gasteiger partial charge in [-0.1, -0.05) is 0 Å². The molecule has 0 saturated carbocycles. The normalized spacial score (nSPS) is 14.0. The van der Waals surface area contributed by atoms with Gasteiger partial charge in [0.1, 0.15) is 5.60 Å². The first kappa shape index (κ1) is 16.9. The first-order valence-corrected chi connectivity index (χ1v) is 8.39. The molecule has 0 radical (unpaired) electrons. The predicted octanol–water partition coefficient (Wildman–Crippen LogP) is 1.72. The zero-order valence-corrected chi connectivity index (χ0v) is 14.5. The van der Waals surface area contributed by atoms with Crippen molar-refractivity contribution in [2.75, 3.05) is 24.5 Å². The Kier molecular flexibility index (Phi) is 5.55. The van der Waals surface area contributed by atoms with Gasteiger partial charge in [-0.2, -0.15) is 5.10 Å². The molecule has 122 valence electrons. The lowest BCUT2D eigenvalue weighted by Crippen LogP contribution is -2.34. The Labute approximate surface area is 135 Å². The molecule has 0 spiro atoms. The first-order valence-electron chi connectivity index (χ1n) is 7.58. The van der Waals surface area contributed by atoms with E-state index in [1.54, 1.807) is 29.1 Å². The van der Waals surface area contributed by atoms with Crippen LogP contribution in [0, 0.1) is 0 Å². The maximum Gasteiger partial charge on any atom is 0.185 e. The fourth-order valence-corrected chi connectivity index (χ4v) is 3.26. The lowest BCUT2D eigenvalue weighted by molar-refractivity contribution is 0.0566. The second-order valence-electron chi connectivity index (χ2n) is 5.56. The quantitative estimate of drug-likeness (QED) is 0.774. The molecule has 0 aliphatic carbocycles. The number of hydrogen-bond donors (Lipinski definition) is 2. The van der Waals surface area contributed by atoms with Gasteiger partial charge < -0.3 is 15.3 Å². The molecule has 2 aromatic rings. The Morgan fingerprint density at radius 2 is 2.09 bits per heavy atom. The zero-order valence-electron chi connectivity index (χ0n) is 13.7. The summed E-state index contributed by atoms with van der Waals surface area (Å²) in [4.78, 5) is 7.87. The molecular formula is C15H25N5OS. The van der Waals surface area contributed by atoms with E-state index in [9.17, 15) is 5.11 Å². The molecule has 0 saturated heterocycles. The van der Waals surface area contributed by atoms with Crippen molar-refractivity contribution in [3.05, 3.63) is 29.0 Å². The average Bonchev–Trinajstić information content (AvgIpc) is 3.10. The third kappa shape index (κ3) is 4.06. The highest BCUT2D eigenvalue weighted by atomic mass is 32.1. The number of nitrogens with zero attached hydrogens (tertiary/aromatic N) is 4. The minimum atomic E-state index is -0.930. The third-order valence-corrected chi connectivity index (χ3v) is 4.73. The highest BCUT2D eigenvalue weighted by Gasteiger charge is 2.24. The molecule has 0 amide bonds. The molecule has 0 aromatic carbocycles. The SMILES string of the molecule is CCN(CC)c1ncc(CNCC(C)(O)c2cnn(C)c2)s1. The van der Waals surface area contributed by atoms with Gasteiger partial charge in [0.05, 0.1) is 6.20 Å². The minimum Gasteiger partial charge on any atom is -0.384 e. The zero-order chi connectivity index (χ0) is 16.2. The average molecular weight is 323 g/mol. The van der Waals surface area contributed by atoms with Crippen molar-refractivity contribution in [1.82, 2.24) is 20.1 Å². The highest BCUT2D eigenvalue weighted by molar-refractivity contribution is 7.15. The largest absolute Gasteiger partial charge is 0.384 e. The molecule has 2 aromatic heterocycles. The number of aromatic nitrogens is 3. The Hall–Kier alpha value is -1.44. The number of thiazole rings is 1. The van der Waals surface area contributed by atoms with Crippen LogP contribution in [0.3, 0.4) is 0 Å². The van der Waals surface area contributed by atoms with Crippen molar-refractivity contribution >= 4 is 16.5 Å². The van der Waals surface area contributed by atoms with Gasteiger partial charge in [-0.25, -0.2) is 4.98 Å². The fourth-order valence-electron chi connectivity index (χ4n) is 2.25. The summed E-state index contributed by atoms with van der Waals surface area (Å²) in [7, 11) is 1.85. The lowest BCUT2D eigenvalue weighted by atomic mass is 10.00. The monoisotopic (exact) mass is 323 g/mol. The Morgan fingerprint density at radius 3 is 2.68 bits per heavy atom. The molecule has 7 heteroatoms. The molecular weight excluding hydrogens is 298 g/mol. The lowest BCUT2D eigenvalue weighted by Gasteiger charge is -2.22. The van der Waals surface area contributed by atoms with Crippen LogP contribution in [0.25, 0.3) is 0 Å². The van der Waals surface area contributed by atoms with Gasteiger partial charge in [0.15, 0.2) is 5.13 Å². The second-order valence-corrected chi connectivity index (χ2v) is 6.66. The molecule has 22 heavy (non-hydrogen) atoms. The number of aliphatic hydroxyl groups is 1. The van der Waals surface area contributed by atoms with E-state index in [2.05, 4.69) is 34.1 Å². The second kappa shape index (κ2) is 7.21. The molecule has 6 nitrogen and oxygen atoms in total. The summed E-state index contributed by atoms with van der Waals surface area (Å²) in [6.07, 6.45) is 5.45. The number of anilines is 1. The Balaban J connectivity index is 1.88. The van der Waals surface area contributed by atoms with Gasteiger partial charge in [0, 0.05) is 56.1 Å². The summed E-state index contributed by atoms with van der Waals surface area (Å²) in [5.41, 5.74) is -0.115. The molecule has 0 aliphatic rings. The van der Waals surface area contributed by atoms with Crippen LogP contribution in [0.15, 0.2) is 18.6 Å². The van der Waals surface area contributed by atoms with Gasteiger partial charge in [-0.3, -0.25) is 4.68 Å². The number of nitrogens with one attached hydrogen (secondary N) is 1. The van der Waals surface area contributed by atoms with Crippen molar-refractivity contribution in [3.63, 3.8) is 0 Å². The molecule has 0 aliphatic heterocycles. The van der Waals surface area contributed by atoms with Gasteiger partial charge >= 0.3 is 0 Å². The molecule has 2 rings (SSSR count). The van der Waals surface area contributed by atoms with E-state index in [1.165, 1.54) is 4.88 Å². The predicted molar refractivity (Wildman–Crippen MR) is 90.2 cm³/mol. The van der Waals surface area contributed by atoms with Crippen molar-refractivity contribution in [2.24, 2.45) is 7.05 Å². The molecule has 1 unspecified atom stereocenters. The topological polar surface area (TPSA) is 66.2 Å². The fraction of sp³-hybridized carbons (Fsp3) is 0.600. The standard InChI is InChI=1S/C15H25N5OS/c1-5-20(6-2)14-17-9-13(22-14)8-16-11-15(3,21)12-7-18-19(4)10-12/h7,9-10,16,21H,5-6,8,11H2,1-4H3. The maximum atomic E-state index is 10.5. The van der Waals surface area contributed by atoms with Crippen LogP contribution in [0.5, 0.6) is 0 Å². The van der Waals surface area contributed by atoms with Gasteiger partial charge in [0.2, 0.25) is 0 Å². The van der Waals surface area contributed by atoms with Crippen LogP contribution in [0.2, 0.25) is 0 Å². The summed E-state index contributed by atoms with van der Waals surface area (Å²) in [6, 6.07) is 0. The van der Waals surface area contributed by atoms with E-state index in [4.69, 9.17) is 0 Å². The van der Waals surface area contributed by atoms with E-state index in [0.717, 1.165) is 23.8 Å². The van der Waals surface area contributed by atoms with E-state index in [-0.39, 0.29) is 0 Å². The summed E-state index contributed by atoms with van der Waals surface area (Å²) in [6.45, 7) is 9.17. The van der Waals surface area contributed by atoms with Crippen LogP contribution in [0.1, 0.15) is 31.2 Å². The van der Waals surface area contributed by atoms with Gasteiger partial charge in [-0.05, 0) is 20.8 Å². The van der Waals surface area contributed by atoms with Crippen LogP contribution >= 0.6 is 11.3 Å². The van der Waals surface area contributed by atoms with Crippen LogP contribution in [-0.2, 0) is 19.2 Å². The van der Waals surface area contributed by atoms with E-state index < -0.39 is 5.60 Å². The summed E-state index contributed by atoms with van der Waals surface area (Å²) in [5.74, 6) is 0. The van der Waals surface area contributed by atoms with Crippen molar-refractivity contribution in [3.8, 4) is 0 Å². The summed E-state index contributed by atoms with van der Waals surface area (Å²) >= 11 is 1.69. The number of aryl methyl sites for hydroxylation is 1. The molecule has 0 fully saturated rings. The minimum absolute atomic E-state index is 0.469. The van der Waals surface area contributed by atoms with E-state index >= 15 is 0 Å². The van der Waals surface area contributed by atoms with Gasteiger partial charge in [-0.15, -0.1) is 11.3 Å². The Morgan fingerprint density at radius 1 is 1.36 bits per heavy atom. The smallest absolute Gasteiger partial charge is 0.185 e. The van der Waals surface area contributed by atoms with Crippen LogP contribution in [-0.4, -0.2) is 39.5 Å². The third-order valence-electron chi connectivity index (χ3n) is 3.67. The van der Waals surface area contributed by atoms with Crippen molar-refractivity contribution < 1.29 is 5.11 Å². The summed E-state index contributed by atoms with van der Waals surface area (Å²) < 4.78 is 1.70. The summed E-state index contributed by atoms with van der Waals surface area (Å²) in [5, 5.41) is 19.0. The molecule has 2 heterocycles. The van der Waals surface area contributed by atoms with E-state index in [1.807, 2.05) is 19.4 Å². The number of rotatable bonds is 8. The van der Waals surface area contributed by atoms with Crippen LogP contribution in [0.4, 0.5) is 5.13 Å². The number of hydrogen-bond acceptors (Lipinski definition) is 6. The van der Waals surface area contributed by atoms with Crippen LogP contribution < -0.4 is 10.2 Å². The highest BCUT2D eigenvalue weighted by Crippen LogP contribution is 2.23. The molecule has 0 bridgehead atoms.